The number of pyridine rings is 2. The van der Waals surface area contributed by atoms with Crippen LogP contribution in [0.3, 0.4) is 0 Å². The van der Waals surface area contributed by atoms with Crippen molar-refractivity contribution < 1.29 is 1.43 Å². The lowest BCUT2D eigenvalue weighted by molar-refractivity contribution is 1.11. The number of aromatic amines is 1. The second-order valence-electron chi connectivity index (χ2n) is 7.20. The molecule has 5 rings (SSSR count). The number of H-pyrrole nitrogens is 1. The summed E-state index contributed by atoms with van der Waals surface area (Å²) in [5.41, 5.74) is 5.96. The van der Waals surface area contributed by atoms with Crippen molar-refractivity contribution in [3.05, 3.63) is 101 Å². The number of halogens is 2. The van der Waals surface area contributed by atoms with Crippen molar-refractivity contribution >= 4 is 40.1 Å². The number of nitrogens with one attached hydrogen (secondary N) is 2. The van der Waals surface area contributed by atoms with Gasteiger partial charge in [0.25, 0.3) is 0 Å². The average molecular weight is 447 g/mol. The molecule has 0 aliphatic carbocycles. The largest absolute Gasteiger partial charge is 0.366 e. The number of anilines is 1. The molecule has 0 fully saturated rings. The van der Waals surface area contributed by atoms with E-state index < -0.39 is 0 Å². The average Bonchev–Trinajstić information content (AvgIpc) is 3.24. The van der Waals surface area contributed by atoms with Crippen LogP contribution in [0.25, 0.3) is 33.4 Å². The van der Waals surface area contributed by atoms with Crippen molar-refractivity contribution in [3.63, 3.8) is 0 Å². The number of hydrogen-bond donors (Lipinski definition) is 2. The van der Waals surface area contributed by atoms with E-state index in [1.807, 2.05) is 60.9 Å². The van der Waals surface area contributed by atoms with Crippen LogP contribution in [-0.2, 0) is 6.54 Å². The summed E-state index contributed by atoms with van der Waals surface area (Å²) >= 11 is 12.1. The van der Waals surface area contributed by atoms with Crippen LogP contribution in [0.15, 0.2) is 85.2 Å². The highest BCUT2D eigenvalue weighted by atomic mass is 35.5. The summed E-state index contributed by atoms with van der Waals surface area (Å²) in [5.74, 6) is 0.782. The fourth-order valence-corrected chi connectivity index (χ4v) is 3.85. The first kappa shape index (κ1) is 19.6. The van der Waals surface area contributed by atoms with Crippen LogP contribution >= 0.6 is 23.2 Å². The molecule has 31 heavy (non-hydrogen) atoms. The molecule has 4 nitrogen and oxygen atoms in total. The quantitative estimate of drug-likeness (QED) is 0.294. The van der Waals surface area contributed by atoms with Crippen LogP contribution in [0, 0.1) is 0 Å². The monoisotopic (exact) mass is 446 g/mol. The number of hydrogen-bond acceptors (Lipinski definition) is 3. The van der Waals surface area contributed by atoms with E-state index in [0.29, 0.717) is 16.6 Å². The lowest BCUT2D eigenvalue weighted by Crippen LogP contribution is -2.01. The summed E-state index contributed by atoms with van der Waals surface area (Å²) in [6.07, 6.45) is 3.85. The molecule has 0 aliphatic rings. The van der Waals surface area contributed by atoms with Crippen molar-refractivity contribution in [2.75, 3.05) is 5.32 Å². The van der Waals surface area contributed by atoms with E-state index in [0.717, 1.165) is 44.8 Å². The Kier molecular flexibility index (Phi) is 5.33. The van der Waals surface area contributed by atoms with Gasteiger partial charge in [0.15, 0.2) is 0 Å². The summed E-state index contributed by atoms with van der Waals surface area (Å²) in [6.45, 7) is 0.598. The minimum atomic E-state index is 0. The van der Waals surface area contributed by atoms with Gasteiger partial charge in [0.1, 0.15) is 11.5 Å². The fraction of sp³-hybridized carbons (Fsp3) is 0.0400. The molecule has 0 saturated carbocycles. The predicted octanol–water partition coefficient (Wildman–Crippen LogP) is 7.46. The minimum Gasteiger partial charge on any atom is -0.366 e. The number of aromatic nitrogens is 3. The van der Waals surface area contributed by atoms with E-state index in [4.69, 9.17) is 28.2 Å². The molecule has 0 amide bonds. The van der Waals surface area contributed by atoms with E-state index in [1.54, 1.807) is 6.07 Å². The maximum atomic E-state index is 6.12. The lowest BCUT2D eigenvalue weighted by Gasteiger charge is -2.08. The van der Waals surface area contributed by atoms with E-state index in [1.165, 1.54) is 0 Å². The minimum absolute atomic E-state index is 0. The molecule has 3 heterocycles. The Morgan fingerprint density at radius 3 is 2.58 bits per heavy atom. The number of nitrogens with zero attached hydrogens (tertiary/aromatic N) is 2. The van der Waals surface area contributed by atoms with Crippen LogP contribution in [0.2, 0.25) is 10.0 Å². The van der Waals surface area contributed by atoms with Gasteiger partial charge >= 0.3 is 0 Å². The standard InChI is InChI=1S/C25H18Cl2N4.H2/c26-21-10-9-16(11-22(21)27)13-28-24-8-4-7-23(31-24)20-15-30-25-19(20)12-18(14-29-25)17-5-2-1-3-6-17;/h1-12,14-15H,13H2,(H,28,31)(H,29,30);1H. The molecule has 0 saturated heterocycles. The first-order valence-electron chi connectivity index (χ1n) is 9.85. The molecule has 154 valence electrons. The highest BCUT2D eigenvalue weighted by Gasteiger charge is 2.11. The van der Waals surface area contributed by atoms with Crippen LogP contribution < -0.4 is 5.32 Å². The molecular formula is C25H20Cl2N4. The molecule has 0 bridgehead atoms. The first-order valence-corrected chi connectivity index (χ1v) is 10.6. The Morgan fingerprint density at radius 1 is 0.871 bits per heavy atom. The van der Waals surface area contributed by atoms with E-state index in [9.17, 15) is 0 Å². The maximum absolute atomic E-state index is 6.12. The summed E-state index contributed by atoms with van der Waals surface area (Å²) in [6, 6.07) is 23.9. The highest BCUT2D eigenvalue weighted by Crippen LogP contribution is 2.30. The lowest BCUT2D eigenvalue weighted by atomic mass is 10.0. The van der Waals surface area contributed by atoms with Crippen LogP contribution in [0.4, 0.5) is 5.82 Å². The van der Waals surface area contributed by atoms with Crippen molar-refractivity contribution in [2.24, 2.45) is 0 Å². The normalized spacial score (nSPS) is 11.0. The summed E-state index contributed by atoms with van der Waals surface area (Å²) in [5, 5.41) is 5.49. The maximum Gasteiger partial charge on any atom is 0.137 e. The van der Waals surface area contributed by atoms with Gasteiger partial charge in [-0.3, -0.25) is 0 Å². The van der Waals surface area contributed by atoms with E-state index in [-0.39, 0.29) is 1.43 Å². The van der Waals surface area contributed by atoms with Gasteiger partial charge in [-0.1, -0.05) is 65.7 Å². The molecule has 0 radical (unpaired) electrons. The molecule has 0 atom stereocenters. The third-order valence-electron chi connectivity index (χ3n) is 5.12. The molecule has 6 heteroatoms. The van der Waals surface area contributed by atoms with Crippen molar-refractivity contribution in [1.29, 1.82) is 0 Å². The van der Waals surface area contributed by atoms with Crippen LogP contribution in [0.5, 0.6) is 0 Å². The van der Waals surface area contributed by atoms with E-state index >= 15 is 0 Å². The Labute approximate surface area is 191 Å². The summed E-state index contributed by atoms with van der Waals surface area (Å²) < 4.78 is 0. The molecule has 2 N–H and O–H groups in total. The number of rotatable bonds is 5. The van der Waals surface area contributed by atoms with Gasteiger partial charge in [0.05, 0.1) is 15.7 Å². The summed E-state index contributed by atoms with van der Waals surface area (Å²) in [4.78, 5) is 12.7. The summed E-state index contributed by atoms with van der Waals surface area (Å²) in [7, 11) is 0. The van der Waals surface area contributed by atoms with Gasteiger partial charge in [0.2, 0.25) is 0 Å². The molecule has 0 spiro atoms. The zero-order valence-corrected chi connectivity index (χ0v) is 18.0. The fourth-order valence-electron chi connectivity index (χ4n) is 3.53. The van der Waals surface area contributed by atoms with Gasteiger partial charge in [-0.15, -0.1) is 0 Å². The van der Waals surface area contributed by atoms with Gasteiger partial charge in [0, 0.05) is 36.9 Å². The molecule has 0 unspecified atom stereocenters. The zero-order valence-electron chi connectivity index (χ0n) is 16.4. The SMILES string of the molecule is Clc1ccc(CNc2cccc(-c3c[nH]c4ncc(-c5ccccc5)cc34)n2)cc1Cl.[HH]. The molecule has 0 aliphatic heterocycles. The van der Waals surface area contributed by atoms with Gasteiger partial charge in [-0.2, -0.15) is 0 Å². The van der Waals surface area contributed by atoms with Crippen molar-refractivity contribution in [1.82, 2.24) is 15.0 Å². The number of fused-ring (bicyclic) bond motifs is 1. The molecular weight excluding hydrogens is 427 g/mol. The van der Waals surface area contributed by atoms with Crippen molar-refractivity contribution in [3.8, 4) is 22.4 Å². The van der Waals surface area contributed by atoms with Gasteiger partial charge in [-0.25, -0.2) is 9.97 Å². The Bertz CT molecular complexity index is 1370. The van der Waals surface area contributed by atoms with E-state index in [2.05, 4.69) is 33.5 Å². The second kappa shape index (κ2) is 8.42. The second-order valence-corrected chi connectivity index (χ2v) is 8.01. The topological polar surface area (TPSA) is 53.6 Å². The first-order chi connectivity index (χ1) is 15.2. The Hall–Kier alpha value is -3.34. The molecule has 3 aromatic heterocycles. The highest BCUT2D eigenvalue weighted by molar-refractivity contribution is 6.42. The zero-order chi connectivity index (χ0) is 21.2. The Morgan fingerprint density at radius 2 is 1.74 bits per heavy atom. The van der Waals surface area contributed by atoms with Gasteiger partial charge < -0.3 is 10.3 Å². The smallest absolute Gasteiger partial charge is 0.137 e. The molecule has 2 aromatic carbocycles. The third kappa shape index (κ3) is 4.13. The number of benzene rings is 2. The Balaban J connectivity index is 0.00000245. The molecule has 5 aromatic rings. The van der Waals surface area contributed by atoms with Crippen molar-refractivity contribution in [2.45, 2.75) is 6.54 Å². The van der Waals surface area contributed by atoms with Gasteiger partial charge in [-0.05, 0) is 41.5 Å². The third-order valence-corrected chi connectivity index (χ3v) is 5.86. The van der Waals surface area contributed by atoms with Crippen LogP contribution in [0.1, 0.15) is 6.99 Å². The van der Waals surface area contributed by atoms with Crippen LogP contribution in [-0.4, -0.2) is 15.0 Å². The predicted molar refractivity (Wildman–Crippen MR) is 131 cm³/mol.